The molecule has 0 bridgehead atoms. The first-order valence-electron chi connectivity index (χ1n) is 6.78. The minimum Gasteiger partial charge on any atom is -0.462 e. The van der Waals surface area contributed by atoms with Crippen molar-refractivity contribution in [2.45, 2.75) is 13.8 Å². The SMILES string of the molecule is CCOC(=O)C(=CNc1cc(Cl)c(Cl)c(C(=O)NC)c1Cl)C(C)=O. The molecule has 0 aromatic heterocycles. The highest BCUT2D eigenvalue weighted by molar-refractivity contribution is 6.47. The Morgan fingerprint density at radius 3 is 2.33 bits per heavy atom. The summed E-state index contributed by atoms with van der Waals surface area (Å²) in [5.41, 5.74) is -0.0297. The van der Waals surface area contributed by atoms with Crippen LogP contribution in [0.3, 0.4) is 0 Å². The topological polar surface area (TPSA) is 84.5 Å². The fourth-order valence-electron chi connectivity index (χ4n) is 1.70. The lowest BCUT2D eigenvalue weighted by molar-refractivity contribution is -0.139. The number of carbonyl (C=O) groups excluding carboxylic acids is 3. The van der Waals surface area contributed by atoms with Crippen LogP contribution in [-0.2, 0) is 14.3 Å². The third kappa shape index (κ3) is 4.63. The van der Waals surface area contributed by atoms with Crippen LogP contribution < -0.4 is 10.6 Å². The summed E-state index contributed by atoms with van der Waals surface area (Å²) in [7, 11) is 1.41. The quantitative estimate of drug-likeness (QED) is 0.254. The van der Waals surface area contributed by atoms with E-state index in [1.165, 1.54) is 20.0 Å². The Bertz CT molecular complexity index is 717. The molecule has 9 heteroatoms. The molecule has 0 spiro atoms. The number of anilines is 1. The number of nitrogens with one attached hydrogen (secondary N) is 2. The fourth-order valence-corrected chi connectivity index (χ4v) is 2.47. The molecular weight excluding hydrogens is 379 g/mol. The number of rotatable bonds is 6. The molecule has 1 rings (SSSR count). The standard InChI is InChI=1S/C15H15Cl3N2O4/c1-4-24-15(23)8(7(2)21)6-20-10-5-9(16)12(17)11(13(10)18)14(22)19-3/h5-6,20H,4H2,1-3H3,(H,19,22). The number of hydrogen-bond acceptors (Lipinski definition) is 5. The van der Waals surface area contributed by atoms with E-state index < -0.39 is 17.7 Å². The summed E-state index contributed by atoms with van der Waals surface area (Å²) in [5.74, 6) is -1.81. The van der Waals surface area contributed by atoms with E-state index in [9.17, 15) is 14.4 Å². The van der Waals surface area contributed by atoms with E-state index in [0.29, 0.717) is 0 Å². The van der Waals surface area contributed by atoms with Crippen molar-refractivity contribution in [3.05, 3.63) is 38.5 Å². The van der Waals surface area contributed by atoms with E-state index in [0.717, 1.165) is 6.20 Å². The molecule has 0 fully saturated rings. The molecular formula is C15H15Cl3N2O4. The van der Waals surface area contributed by atoms with Crippen LogP contribution in [0.4, 0.5) is 5.69 Å². The molecule has 24 heavy (non-hydrogen) atoms. The van der Waals surface area contributed by atoms with Crippen molar-refractivity contribution in [3.8, 4) is 0 Å². The maximum atomic E-state index is 11.9. The Labute approximate surface area is 154 Å². The van der Waals surface area contributed by atoms with Crippen LogP contribution in [0, 0.1) is 0 Å². The summed E-state index contributed by atoms with van der Waals surface area (Å²) in [5, 5.41) is 5.15. The van der Waals surface area contributed by atoms with E-state index in [2.05, 4.69) is 10.6 Å². The van der Waals surface area contributed by atoms with Gasteiger partial charge in [-0.25, -0.2) is 4.79 Å². The summed E-state index contributed by atoms with van der Waals surface area (Å²) < 4.78 is 4.79. The van der Waals surface area contributed by atoms with Gasteiger partial charge < -0.3 is 15.4 Å². The molecule has 0 aliphatic rings. The van der Waals surface area contributed by atoms with Crippen LogP contribution in [0.1, 0.15) is 24.2 Å². The van der Waals surface area contributed by atoms with Crippen molar-refractivity contribution in [3.63, 3.8) is 0 Å². The van der Waals surface area contributed by atoms with Gasteiger partial charge in [0.25, 0.3) is 5.91 Å². The van der Waals surface area contributed by atoms with E-state index >= 15 is 0 Å². The van der Waals surface area contributed by atoms with Gasteiger partial charge in [-0.2, -0.15) is 0 Å². The summed E-state index contributed by atoms with van der Waals surface area (Å²) in [6.45, 7) is 2.96. The van der Waals surface area contributed by atoms with Gasteiger partial charge in [-0.3, -0.25) is 9.59 Å². The van der Waals surface area contributed by atoms with Crippen LogP contribution in [0.15, 0.2) is 17.8 Å². The zero-order valence-electron chi connectivity index (χ0n) is 13.1. The molecule has 0 unspecified atom stereocenters. The molecule has 2 N–H and O–H groups in total. The second-order valence-electron chi connectivity index (χ2n) is 4.47. The van der Waals surface area contributed by atoms with Gasteiger partial charge in [0.15, 0.2) is 5.78 Å². The third-order valence-electron chi connectivity index (χ3n) is 2.86. The molecule has 6 nitrogen and oxygen atoms in total. The average molecular weight is 394 g/mol. The van der Waals surface area contributed by atoms with Gasteiger partial charge in [0, 0.05) is 13.2 Å². The first-order valence-corrected chi connectivity index (χ1v) is 7.92. The van der Waals surface area contributed by atoms with E-state index in [-0.39, 0.29) is 38.5 Å². The molecule has 1 amide bonds. The zero-order chi connectivity index (χ0) is 18.4. The minimum atomic E-state index is -0.778. The highest BCUT2D eigenvalue weighted by Gasteiger charge is 2.21. The van der Waals surface area contributed by atoms with Gasteiger partial charge >= 0.3 is 5.97 Å². The summed E-state index contributed by atoms with van der Waals surface area (Å²) in [6, 6.07) is 1.37. The summed E-state index contributed by atoms with van der Waals surface area (Å²) >= 11 is 18.2. The third-order valence-corrected chi connectivity index (χ3v) is 4.04. The summed E-state index contributed by atoms with van der Waals surface area (Å²) in [6.07, 6.45) is 1.14. The van der Waals surface area contributed by atoms with Crippen molar-refractivity contribution in [2.24, 2.45) is 0 Å². The lowest BCUT2D eigenvalue weighted by Gasteiger charge is -2.13. The van der Waals surface area contributed by atoms with Gasteiger partial charge in [-0.15, -0.1) is 0 Å². The van der Waals surface area contributed by atoms with E-state index in [1.54, 1.807) is 6.92 Å². The number of hydrogen-bond donors (Lipinski definition) is 2. The normalized spacial score (nSPS) is 11.0. The van der Waals surface area contributed by atoms with Crippen molar-refractivity contribution in [2.75, 3.05) is 19.0 Å². The minimum absolute atomic E-state index is 0.00673. The van der Waals surface area contributed by atoms with Gasteiger partial charge in [0.2, 0.25) is 0 Å². The van der Waals surface area contributed by atoms with Crippen LogP contribution in [-0.4, -0.2) is 31.3 Å². The first-order chi connectivity index (χ1) is 11.2. The highest BCUT2D eigenvalue weighted by atomic mass is 35.5. The molecule has 0 aliphatic heterocycles. The second-order valence-corrected chi connectivity index (χ2v) is 5.63. The Hall–Kier alpha value is -1.76. The van der Waals surface area contributed by atoms with Crippen LogP contribution in [0.5, 0.6) is 0 Å². The van der Waals surface area contributed by atoms with Crippen LogP contribution >= 0.6 is 34.8 Å². The number of ketones is 1. The van der Waals surface area contributed by atoms with E-state index in [1.807, 2.05) is 0 Å². The smallest absolute Gasteiger partial charge is 0.343 e. The van der Waals surface area contributed by atoms with Gasteiger partial charge in [0.05, 0.1) is 32.9 Å². The van der Waals surface area contributed by atoms with Crippen molar-refractivity contribution in [1.29, 1.82) is 0 Å². The first kappa shape index (κ1) is 20.3. The Morgan fingerprint density at radius 2 is 1.83 bits per heavy atom. The molecule has 0 radical (unpaired) electrons. The maximum Gasteiger partial charge on any atom is 0.343 e. The molecule has 0 saturated heterocycles. The van der Waals surface area contributed by atoms with Gasteiger partial charge in [-0.05, 0) is 19.9 Å². The molecule has 0 saturated carbocycles. The fraction of sp³-hybridized carbons (Fsp3) is 0.267. The zero-order valence-corrected chi connectivity index (χ0v) is 15.4. The predicted octanol–water partition coefficient (Wildman–Crippen LogP) is 3.45. The predicted molar refractivity (Wildman–Crippen MR) is 93.9 cm³/mol. The molecule has 130 valence electrons. The highest BCUT2D eigenvalue weighted by Crippen LogP contribution is 2.37. The Morgan fingerprint density at radius 1 is 1.21 bits per heavy atom. The van der Waals surface area contributed by atoms with Gasteiger partial charge in [0.1, 0.15) is 5.57 Å². The van der Waals surface area contributed by atoms with Crippen molar-refractivity contribution in [1.82, 2.24) is 5.32 Å². The molecule has 0 atom stereocenters. The second kappa shape index (κ2) is 8.92. The van der Waals surface area contributed by atoms with Crippen molar-refractivity contribution >= 4 is 58.1 Å². The number of Topliss-reactive ketones (excluding diaryl/α,β-unsaturated/α-hetero) is 1. The number of halogens is 3. The van der Waals surface area contributed by atoms with Crippen molar-refractivity contribution < 1.29 is 19.1 Å². The van der Waals surface area contributed by atoms with Crippen LogP contribution in [0.2, 0.25) is 15.1 Å². The molecule has 1 aromatic carbocycles. The number of benzene rings is 1. The van der Waals surface area contributed by atoms with Crippen LogP contribution in [0.25, 0.3) is 0 Å². The van der Waals surface area contributed by atoms with E-state index in [4.69, 9.17) is 39.5 Å². The molecule has 0 aliphatic carbocycles. The molecule has 0 heterocycles. The number of amides is 1. The van der Waals surface area contributed by atoms with Gasteiger partial charge in [-0.1, -0.05) is 34.8 Å². The number of carbonyl (C=O) groups is 3. The Balaban J connectivity index is 3.30. The maximum absolute atomic E-state index is 11.9. The summed E-state index contributed by atoms with van der Waals surface area (Å²) in [4.78, 5) is 35.2. The number of esters is 1. The average Bonchev–Trinajstić information content (AvgIpc) is 2.52. The Kier molecular flexibility index (Phi) is 7.54. The monoisotopic (exact) mass is 392 g/mol. The lowest BCUT2D eigenvalue weighted by atomic mass is 10.1. The number of ether oxygens (including phenoxy) is 1. The molecule has 1 aromatic rings. The largest absolute Gasteiger partial charge is 0.462 e. The lowest BCUT2D eigenvalue weighted by Crippen LogP contribution is -2.19.